The Bertz CT molecular complexity index is 707. The fourth-order valence-electron chi connectivity index (χ4n) is 1.13. The second-order valence-electron chi connectivity index (χ2n) is 3.49. The maximum absolute atomic E-state index is 11.8. The molecule has 0 amide bonds. The molecule has 0 atom stereocenters. The Morgan fingerprint density at radius 3 is 2.45 bits per heavy atom. The first-order valence-electron chi connectivity index (χ1n) is 5.03. The van der Waals surface area contributed by atoms with Gasteiger partial charge in [0.15, 0.2) is 5.00 Å². The first kappa shape index (κ1) is 16.8. The van der Waals surface area contributed by atoms with Crippen molar-refractivity contribution < 1.29 is 21.8 Å². The van der Waals surface area contributed by atoms with E-state index in [0.717, 1.165) is 6.07 Å². The number of thiophene rings is 1. The van der Waals surface area contributed by atoms with Crippen molar-refractivity contribution in [2.45, 2.75) is 4.21 Å². The molecular formula is C7H12N4O6S3. The fourth-order valence-corrected chi connectivity index (χ4v) is 4.13. The summed E-state index contributed by atoms with van der Waals surface area (Å²) in [5.41, 5.74) is 4.84. The van der Waals surface area contributed by atoms with E-state index < -0.39 is 36.4 Å². The molecule has 0 saturated heterocycles. The predicted molar refractivity (Wildman–Crippen MR) is 73.4 cm³/mol. The highest BCUT2D eigenvalue weighted by atomic mass is 32.2. The lowest BCUT2D eigenvalue weighted by Crippen LogP contribution is -2.32. The first-order chi connectivity index (χ1) is 9.09. The molecule has 1 rings (SSSR count). The molecule has 0 unspecified atom stereocenters. The van der Waals surface area contributed by atoms with Crippen LogP contribution >= 0.6 is 11.3 Å². The minimum absolute atomic E-state index is 0.238. The zero-order valence-electron chi connectivity index (χ0n) is 10.2. The topological polar surface area (TPSA) is 162 Å². The lowest BCUT2D eigenvalue weighted by Gasteiger charge is -2.04. The van der Waals surface area contributed by atoms with Crippen LogP contribution in [0.25, 0.3) is 0 Å². The van der Waals surface area contributed by atoms with Crippen LogP contribution in [0.4, 0.5) is 10.7 Å². The lowest BCUT2D eigenvalue weighted by molar-refractivity contribution is -0.383. The minimum Gasteiger partial charge on any atom is -0.385 e. The van der Waals surface area contributed by atoms with Gasteiger partial charge in [-0.25, -0.2) is 26.3 Å². The fraction of sp³-hybridized carbons (Fsp3) is 0.429. The summed E-state index contributed by atoms with van der Waals surface area (Å²) in [4.78, 5) is 9.78. The molecule has 4 N–H and O–H groups in total. The van der Waals surface area contributed by atoms with E-state index in [1.54, 1.807) is 0 Å². The molecule has 0 aromatic carbocycles. The monoisotopic (exact) mass is 344 g/mol. The third-order valence-electron chi connectivity index (χ3n) is 2.15. The third-order valence-corrected chi connectivity index (χ3v) is 6.40. The number of nitrogens with two attached hydrogens (primary N) is 1. The Balaban J connectivity index is 2.85. The van der Waals surface area contributed by atoms with E-state index in [2.05, 4.69) is 0 Å². The Kier molecular flexibility index (Phi) is 5.04. The Morgan fingerprint density at radius 1 is 1.40 bits per heavy atom. The molecule has 13 heteroatoms. The first-order valence-corrected chi connectivity index (χ1v) is 8.99. The molecule has 0 spiro atoms. The Labute approximate surface area is 119 Å². The van der Waals surface area contributed by atoms with Gasteiger partial charge in [0.1, 0.15) is 4.21 Å². The molecule has 0 aliphatic rings. The molecule has 0 fully saturated rings. The van der Waals surface area contributed by atoms with Crippen molar-refractivity contribution in [3.63, 3.8) is 0 Å². The van der Waals surface area contributed by atoms with Gasteiger partial charge in [0, 0.05) is 12.6 Å². The van der Waals surface area contributed by atoms with Gasteiger partial charge in [0.2, 0.25) is 20.0 Å². The third kappa shape index (κ3) is 4.11. The Hall–Kier alpha value is -1.28. The number of nitrogens with one attached hydrogen (secondary N) is 2. The molecule has 0 aliphatic heterocycles. The molecule has 1 aromatic heterocycles. The van der Waals surface area contributed by atoms with E-state index in [4.69, 9.17) is 5.73 Å². The predicted octanol–water partition coefficient (Wildman–Crippen LogP) is -0.934. The highest BCUT2D eigenvalue weighted by Gasteiger charge is 2.24. The maximum Gasteiger partial charge on any atom is 0.304 e. The smallest absolute Gasteiger partial charge is 0.304 e. The van der Waals surface area contributed by atoms with Crippen molar-refractivity contribution in [1.29, 1.82) is 0 Å². The molecule has 20 heavy (non-hydrogen) atoms. The van der Waals surface area contributed by atoms with E-state index in [1.807, 2.05) is 9.44 Å². The summed E-state index contributed by atoms with van der Waals surface area (Å²) in [6, 6.07) is 0.828. The van der Waals surface area contributed by atoms with Crippen molar-refractivity contribution in [3.05, 3.63) is 16.2 Å². The average Bonchev–Trinajstić information content (AvgIpc) is 2.71. The van der Waals surface area contributed by atoms with Crippen molar-refractivity contribution >= 4 is 42.1 Å². The molecule has 0 radical (unpaired) electrons. The van der Waals surface area contributed by atoms with Crippen molar-refractivity contribution in [3.8, 4) is 0 Å². The van der Waals surface area contributed by atoms with Crippen LogP contribution in [0.15, 0.2) is 10.3 Å². The maximum atomic E-state index is 11.8. The summed E-state index contributed by atoms with van der Waals surface area (Å²) in [7, 11) is -6.38. The van der Waals surface area contributed by atoms with Crippen molar-refractivity contribution in [2.75, 3.05) is 25.1 Å². The molecule has 0 saturated carbocycles. The van der Waals surface area contributed by atoms with Crippen LogP contribution in [0.5, 0.6) is 0 Å². The number of hydrogen-bond donors (Lipinski definition) is 3. The van der Waals surface area contributed by atoms with Crippen molar-refractivity contribution in [2.24, 2.45) is 0 Å². The Morgan fingerprint density at radius 2 is 2.00 bits per heavy atom. The van der Waals surface area contributed by atoms with Crippen LogP contribution in [0.2, 0.25) is 0 Å². The van der Waals surface area contributed by atoms with Gasteiger partial charge >= 0.3 is 5.69 Å². The van der Waals surface area contributed by atoms with Crippen LogP contribution in [-0.2, 0) is 20.0 Å². The zero-order chi connectivity index (χ0) is 15.6. The van der Waals surface area contributed by atoms with Crippen LogP contribution in [0, 0.1) is 10.1 Å². The standard InChI is InChI=1S/C7H12N4O6S3/c1-9-19(14,15)3-2-10-20(16,17)6-4-5(11(12)13)7(8)18-6/h4,9-10H,2-3,8H2,1H3. The number of anilines is 1. The van der Waals surface area contributed by atoms with E-state index in [-0.39, 0.29) is 15.8 Å². The van der Waals surface area contributed by atoms with Gasteiger partial charge in [-0.3, -0.25) is 10.1 Å². The van der Waals surface area contributed by atoms with Crippen LogP contribution in [0.1, 0.15) is 0 Å². The average molecular weight is 344 g/mol. The minimum atomic E-state index is -4.03. The summed E-state index contributed by atoms with van der Waals surface area (Å²) in [5.74, 6) is -0.453. The molecule has 10 nitrogen and oxygen atoms in total. The van der Waals surface area contributed by atoms with Crippen LogP contribution < -0.4 is 15.2 Å². The summed E-state index contributed by atoms with van der Waals surface area (Å²) in [6.07, 6.45) is 0. The molecule has 0 aliphatic carbocycles. The van der Waals surface area contributed by atoms with Crippen LogP contribution in [-0.4, -0.2) is 41.1 Å². The van der Waals surface area contributed by atoms with E-state index >= 15 is 0 Å². The van der Waals surface area contributed by atoms with Gasteiger partial charge in [-0.2, -0.15) is 0 Å². The van der Waals surface area contributed by atoms with Gasteiger partial charge in [-0.1, -0.05) is 11.3 Å². The van der Waals surface area contributed by atoms with Crippen molar-refractivity contribution in [1.82, 2.24) is 9.44 Å². The summed E-state index contributed by atoms with van der Waals surface area (Å²) in [5, 5.41) is 10.3. The molecule has 0 bridgehead atoms. The number of rotatable bonds is 7. The molecule has 1 heterocycles. The highest BCUT2D eigenvalue weighted by Crippen LogP contribution is 2.34. The van der Waals surface area contributed by atoms with E-state index in [9.17, 15) is 26.9 Å². The highest BCUT2D eigenvalue weighted by molar-refractivity contribution is 7.92. The number of nitro groups is 1. The lowest BCUT2D eigenvalue weighted by atomic mass is 10.5. The van der Waals surface area contributed by atoms with Gasteiger partial charge in [0.05, 0.1) is 10.7 Å². The summed E-state index contributed by atoms with van der Waals surface area (Å²) in [6.45, 7) is -0.364. The number of nitrogens with zero attached hydrogens (tertiary/aromatic N) is 1. The van der Waals surface area contributed by atoms with Gasteiger partial charge in [0.25, 0.3) is 0 Å². The summed E-state index contributed by atoms with van der Waals surface area (Å²) < 4.78 is 49.5. The van der Waals surface area contributed by atoms with Gasteiger partial charge in [-0.15, -0.1) is 0 Å². The van der Waals surface area contributed by atoms with E-state index in [1.165, 1.54) is 7.05 Å². The molecule has 114 valence electrons. The van der Waals surface area contributed by atoms with Gasteiger partial charge < -0.3 is 5.73 Å². The van der Waals surface area contributed by atoms with Gasteiger partial charge in [-0.05, 0) is 7.05 Å². The van der Waals surface area contributed by atoms with E-state index in [0.29, 0.717) is 11.3 Å². The normalized spacial score (nSPS) is 12.4. The number of hydrogen-bond acceptors (Lipinski definition) is 8. The van der Waals surface area contributed by atoms with Crippen LogP contribution in [0.3, 0.4) is 0 Å². The zero-order valence-corrected chi connectivity index (χ0v) is 12.6. The quantitative estimate of drug-likeness (QED) is 0.425. The molecular weight excluding hydrogens is 332 g/mol. The number of nitrogen functional groups attached to an aromatic ring is 1. The second-order valence-corrected chi connectivity index (χ2v) is 8.62. The second kappa shape index (κ2) is 6.01. The number of sulfonamides is 2. The summed E-state index contributed by atoms with van der Waals surface area (Å²) >= 11 is 0.534. The molecule has 1 aromatic rings. The largest absolute Gasteiger partial charge is 0.385 e. The SMILES string of the molecule is CNS(=O)(=O)CCNS(=O)(=O)c1cc([N+](=O)[O-])c(N)s1.